The van der Waals surface area contributed by atoms with Gasteiger partial charge in [0.15, 0.2) is 5.58 Å². The van der Waals surface area contributed by atoms with Crippen molar-refractivity contribution in [2.75, 3.05) is 13.2 Å². The second kappa shape index (κ2) is 6.67. The molecule has 1 heterocycles. The normalized spacial score (nSPS) is 12.5. The van der Waals surface area contributed by atoms with Crippen molar-refractivity contribution in [3.63, 3.8) is 0 Å². The average Bonchev–Trinajstić information content (AvgIpc) is 2.82. The van der Waals surface area contributed by atoms with E-state index in [2.05, 4.69) is 10.3 Å². The number of aliphatic hydroxyl groups excluding tert-OH is 1. The van der Waals surface area contributed by atoms with E-state index in [0.717, 1.165) is 11.9 Å². The Kier molecular flexibility index (Phi) is 4.92. The number of rotatable bonds is 6. The predicted octanol–water partition coefficient (Wildman–Crippen LogP) is 2.63. The number of hydrogen-bond donors (Lipinski definition) is 3. The molecule has 20 heavy (non-hydrogen) atoms. The van der Waals surface area contributed by atoms with Crippen LogP contribution in [0.15, 0.2) is 22.6 Å². The molecule has 0 spiro atoms. The lowest BCUT2D eigenvalue weighted by atomic mass is 10.0. The lowest BCUT2D eigenvalue weighted by Gasteiger charge is -2.14. The second-order valence-electron chi connectivity index (χ2n) is 4.72. The number of H-pyrrole nitrogens is 1. The lowest BCUT2D eigenvalue weighted by Crippen LogP contribution is -2.29. The Balaban J connectivity index is 2.05. The van der Waals surface area contributed by atoms with E-state index in [9.17, 15) is 4.79 Å². The van der Waals surface area contributed by atoms with Crippen LogP contribution in [0.5, 0.6) is 0 Å². The average molecular weight is 294 g/mol. The van der Waals surface area contributed by atoms with Gasteiger partial charge in [0.2, 0.25) is 0 Å². The van der Waals surface area contributed by atoms with Crippen molar-refractivity contribution >= 4 is 29.2 Å². The van der Waals surface area contributed by atoms with Gasteiger partial charge in [-0.2, -0.15) is 0 Å². The highest BCUT2D eigenvalue weighted by Gasteiger charge is 2.11. The molecule has 1 aromatic carbocycles. The fraction of sp³-hybridized carbons (Fsp3) is 0.429. The molecule has 2 rings (SSSR count). The molecule has 3 N–H and O–H groups in total. The molecule has 0 fully saturated rings. The van der Waals surface area contributed by atoms with Gasteiger partial charge in [-0.1, -0.05) is 13.3 Å². The van der Waals surface area contributed by atoms with Crippen molar-refractivity contribution in [3.05, 3.63) is 28.6 Å². The van der Waals surface area contributed by atoms with Gasteiger partial charge in [0.1, 0.15) is 0 Å². The molecule has 6 heteroatoms. The van der Waals surface area contributed by atoms with Gasteiger partial charge in [-0.05, 0) is 42.8 Å². The smallest absolute Gasteiger partial charge is 0.266 e. The maximum absolute atomic E-state index is 12.1. The number of amides is 1. The van der Waals surface area contributed by atoms with Crippen LogP contribution in [-0.2, 0) is 0 Å². The number of aromatic amines is 1. The third-order valence-electron chi connectivity index (χ3n) is 3.35. The van der Waals surface area contributed by atoms with Gasteiger partial charge in [-0.25, -0.2) is 0 Å². The summed E-state index contributed by atoms with van der Waals surface area (Å²) in [6, 6.07) is 5.17. The van der Waals surface area contributed by atoms with Crippen molar-refractivity contribution in [2.24, 2.45) is 5.92 Å². The minimum atomic E-state index is -0.148. The summed E-state index contributed by atoms with van der Waals surface area (Å²) >= 11 is 4.91. The third-order valence-corrected chi connectivity index (χ3v) is 3.53. The van der Waals surface area contributed by atoms with Crippen LogP contribution in [0.25, 0.3) is 11.1 Å². The zero-order valence-corrected chi connectivity index (χ0v) is 12.1. The molecule has 0 aliphatic carbocycles. The van der Waals surface area contributed by atoms with Gasteiger partial charge in [0.05, 0.1) is 5.52 Å². The molecule has 1 aromatic heterocycles. The number of benzene rings is 1. The summed E-state index contributed by atoms with van der Waals surface area (Å²) in [4.78, 5) is 15.3. The van der Waals surface area contributed by atoms with Gasteiger partial charge >= 0.3 is 0 Å². The standard InChI is InChI=1S/C14H18N2O3S/c1-2-9(5-6-17)8-15-13(18)10-3-4-11-12(7-10)19-14(20)16-11/h3-4,7,9,17H,2,5-6,8H2,1H3,(H,15,18)(H,16,20). The topological polar surface area (TPSA) is 78.3 Å². The van der Waals surface area contributed by atoms with Crippen LogP contribution in [0.3, 0.4) is 0 Å². The first-order valence-corrected chi connectivity index (χ1v) is 7.06. The number of fused-ring (bicyclic) bond motifs is 1. The Hall–Kier alpha value is -1.66. The Morgan fingerprint density at radius 1 is 1.55 bits per heavy atom. The van der Waals surface area contributed by atoms with E-state index >= 15 is 0 Å². The zero-order chi connectivity index (χ0) is 14.5. The summed E-state index contributed by atoms with van der Waals surface area (Å²) < 4.78 is 5.29. The highest BCUT2D eigenvalue weighted by atomic mass is 32.1. The van der Waals surface area contributed by atoms with E-state index in [-0.39, 0.29) is 12.5 Å². The molecule has 0 radical (unpaired) electrons. The molecule has 0 saturated heterocycles. The number of oxazole rings is 1. The quantitative estimate of drug-likeness (QED) is 0.716. The van der Waals surface area contributed by atoms with Crippen molar-refractivity contribution in [2.45, 2.75) is 19.8 Å². The molecule has 1 amide bonds. The van der Waals surface area contributed by atoms with Crippen molar-refractivity contribution in [3.8, 4) is 0 Å². The minimum absolute atomic E-state index is 0.143. The van der Waals surface area contributed by atoms with Crippen LogP contribution in [0.4, 0.5) is 0 Å². The molecule has 0 saturated carbocycles. The number of aliphatic hydroxyl groups is 1. The van der Waals surface area contributed by atoms with E-state index < -0.39 is 0 Å². The van der Waals surface area contributed by atoms with E-state index in [4.69, 9.17) is 21.7 Å². The summed E-state index contributed by atoms with van der Waals surface area (Å²) in [5.74, 6) is 0.148. The molecular formula is C14H18N2O3S. The molecule has 5 nitrogen and oxygen atoms in total. The summed E-state index contributed by atoms with van der Waals surface area (Å²) in [6.45, 7) is 2.75. The first kappa shape index (κ1) is 14.7. The second-order valence-corrected chi connectivity index (χ2v) is 5.09. The van der Waals surface area contributed by atoms with Gasteiger partial charge in [-0.3, -0.25) is 4.79 Å². The summed E-state index contributed by atoms with van der Waals surface area (Å²) in [7, 11) is 0. The predicted molar refractivity (Wildman–Crippen MR) is 79.2 cm³/mol. The number of nitrogens with one attached hydrogen (secondary N) is 2. The maximum Gasteiger partial charge on any atom is 0.266 e. The fourth-order valence-electron chi connectivity index (χ4n) is 2.06. The molecule has 2 aromatic rings. The monoisotopic (exact) mass is 294 g/mol. The molecular weight excluding hydrogens is 276 g/mol. The van der Waals surface area contributed by atoms with Crippen molar-refractivity contribution in [1.82, 2.24) is 10.3 Å². The Morgan fingerprint density at radius 2 is 2.35 bits per heavy atom. The van der Waals surface area contributed by atoms with E-state index in [1.807, 2.05) is 6.92 Å². The SMILES string of the molecule is CCC(CCO)CNC(=O)c1ccc2[nH]c(=S)oc2c1. The Bertz CT molecular complexity index is 647. The number of carbonyl (C=O) groups is 1. The number of aromatic nitrogens is 1. The molecule has 1 unspecified atom stereocenters. The third kappa shape index (κ3) is 3.46. The zero-order valence-electron chi connectivity index (χ0n) is 11.3. The molecule has 108 valence electrons. The van der Waals surface area contributed by atoms with Gasteiger partial charge in [0.25, 0.3) is 10.7 Å². The minimum Gasteiger partial charge on any atom is -0.429 e. The van der Waals surface area contributed by atoms with Crippen molar-refractivity contribution < 1.29 is 14.3 Å². The van der Waals surface area contributed by atoms with Crippen molar-refractivity contribution in [1.29, 1.82) is 0 Å². The number of carbonyl (C=O) groups excluding carboxylic acids is 1. The van der Waals surface area contributed by atoms with Gasteiger partial charge in [0, 0.05) is 18.7 Å². The van der Waals surface area contributed by atoms with E-state index in [1.165, 1.54) is 0 Å². The summed E-state index contributed by atoms with van der Waals surface area (Å²) in [5.41, 5.74) is 1.89. The molecule has 0 aliphatic heterocycles. The Labute approximate surface area is 122 Å². The summed E-state index contributed by atoms with van der Waals surface area (Å²) in [5, 5.41) is 11.8. The fourth-order valence-corrected chi connectivity index (χ4v) is 2.26. The first-order valence-electron chi connectivity index (χ1n) is 6.66. The van der Waals surface area contributed by atoms with Crippen LogP contribution in [0.1, 0.15) is 30.1 Å². The molecule has 0 aliphatic rings. The van der Waals surface area contributed by atoms with E-state index in [1.54, 1.807) is 18.2 Å². The Morgan fingerprint density at radius 3 is 3.05 bits per heavy atom. The highest BCUT2D eigenvalue weighted by molar-refractivity contribution is 7.71. The highest BCUT2D eigenvalue weighted by Crippen LogP contribution is 2.15. The molecule has 1 atom stereocenters. The van der Waals surface area contributed by atoms with Crippen LogP contribution in [0.2, 0.25) is 0 Å². The maximum atomic E-state index is 12.1. The van der Waals surface area contributed by atoms with Crippen LogP contribution >= 0.6 is 12.2 Å². The van der Waals surface area contributed by atoms with Crippen LogP contribution in [0, 0.1) is 10.8 Å². The first-order chi connectivity index (χ1) is 9.63. The van der Waals surface area contributed by atoms with Gasteiger partial charge in [-0.15, -0.1) is 0 Å². The van der Waals surface area contributed by atoms with E-state index in [0.29, 0.717) is 34.9 Å². The molecule has 0 bridgehead atoms. The van der Waals surface area contributed by atoms with Crippen LogP contribution < -0.4 is 5.32 Å². The largest absolute Gasteiger partial charge is 0.429 e. The van der Waals surface area contributed by atoms with Crippen LogP contribution in [-0.4, -0.2) is 29.1 Å². The lowest BCUT2D eigenvalue weighted by molar-refractivity contribution is 0.0943. The number of hydrogen-bond acceptors (Lipinski definition) is 4. The van der Waals surface area contributed by atoms with Gasteiger partial charge < -0.3 is 19.8 Å². The summed E-state index contributed by atoms with van der Waals surface area (Å²) in [6.07, 6.45) is 1.62.